The van der Waals surface area contributed by atoms with Crippen molar-refractivity contribution in [3.05, 3.63) is 42.5 Å². The molecular weight excluding hydrogens is 320 g/mol. The minimum atomic E-state index is -0.335. The van der Waals surface area contributed by atoms with Gasteiger partial charge in [-0.3, -0.25) is 9.36 Å². The van der Waals surface area contributed by atoms with Crippen LogP contribution < -0.4 is 0 Å². The zero-order valence-corrected chi connectivity index (χ0v) is 14.0. The van der Waals surface area contributed by atoms with Gasteiger partial charge in [0.05, 0.1) is 25.4 Å². The van der Waals surface area contributed by atoms with Gasteiger partial charge in [0.1, 0.15) is 12.7 Å². The van der Waals surface area contributed by atoms with Crippen molar-refractivity contribution in [1.82, 2.24) is 19.7 Å². The summed E-state index contributed by atoms with van der Waals surface area (Å²) in [4.78, 5) is 14.9. The number of morpholine rings is 1. The van der Waals surface area contributed by atoms with Crippen molar-refractivity contribution in [2.45, 2.75) is 31.4 Å². The van der Waals surface area contributed by atoms with E-state index >= 15 is 0 Å². The fourth-order valence-corrected chi connectivity index (χ4v) is 3.92. The number of ether oxygens (including phenoxy) is 1. The minimum absolute atomic E-state index is 0.00251. The molecule has 1 aliphatic carbocycles. The first-order valence-electron chi connectivity index (χ1n) is 8.76. The third-order valence-corrected chi connectivity index (χ3v) is 5.28. The van der Waals surface area contributed by atoms with E-state index in [1.807, 2.05) is 29.2 Å². The molecule has 1 saturated heterocycles. The Kier molecular flexibility index (Phi) is 4.50. The molecule has 0 bridgehead atoms. The van der Waals surface area contributed by atoms with Crippen LogP contribution in [0.3, 0.4) is 0 Å². The average Bonchev–Trinajstić information content (AvgIpc) is 3.33. The number of hydrogen-bond donors (Lipinski definition) is 1. The van der Waals surface area contributed by atoms with Gasteiger partial charge >= 0.3 is 0 Å². The molecule has 2 aliphatic rings. The first-order chi connectivity index (χ1) is 12.2. The number of carbonyl (C=O) groups excluding carboxylic acids is 1. The third-order valence-electron chi connectivity index (χ3n) is 5.28. The van der Waals surface area contributed by atoms with Gasteiger partial charge in [-0.25, -0.2) is 0 Å². The van der Waals surface area contributed by atoms with Gasteiger partial charge in [0.2, 0.25) is 0 Å². The molecule has 7 heteroatoms. The first kappa shape index (κ1) is 16.2. The molecule has 0 unspecified atom stereocenters. The number of nitrogens with zero attached hydrogens (tertiary/aromatic N) is 4. The molecule has 2 aromatic rings. The quantitative estimate of drug-likeness (QED) is 0.908. The summed E-state index contributed by atoms with van der Waals surface area (Å²) in [5.74, 6) is 0.114. The van der Waals surface area contributed by atoms with E-state index in [9.17, 15) is 9.90 Å². The van der Waals surface area contributed by atoms with E-state index in [1.165, 1.54) is 0 Å². The van der Waals surface area contributed by atoms with Gasteiger partial charge in [-0.05, 0) is 37.1 Å². The molecule has 1 amide bonds. The van der Waals surface area contributed by atoms with Gasteiger partial charge in [0, 0.05) is 23.7 Å². The van der Waals surface area contributed by atoms with Crippen LogP contribution in [0.1, 0.15) is 29.6 Å². The molecule has 0 radical (unpaired) electrons. The zero-order chi connectivity index (χ0) is 17.2. The Morgan fingerprint density at radius 3 is 2.60 bits per heavy atom. The Labute approximate surface area is 146 Å². The van der Waals surface area contributed by atoms with Crippen molar-refractivity contribution in [3.8, 4) is 5.69 Å². The lowest BCUT2D eigenvalue weighted by Crippen LogP contribution is -2.53. The fourth-order valence-electron chi connectivity index (χ4n) is 3.92. The Morgan fingerprint density at radius 2 is 1.92 bits per heavy atom. The first-order valence-corrected chi connectivity index (χ1v) is 8.76. The number of aromatic nitrogens is 3. The molecule has 1 aromatic heterocycles. The fraction of sp³-hybridized carbons (Fsp3) is 0.500. The number of rotatable bonds is 3. The molecule has 1 aliphatic heterocycles. The van der Waals surface area contributed by atoms with Crippen LogP contribution in [0.5, 0.6) is 0 Å². The Bertz CT molecular complexity index is 716. The molecule has 3 atom stereocenters. The molecule has 2 heterocycles. The van der Waals surface area contributed by atoms with Crippen molar-refractivity contribution >= 4 is 5.91 Å². The second-order valence-electron chi connectivity index (χ2n) is 6.72. The number of aliphatic hydroxyl groups is 1. The highest BCUT2D eigenvalue weighted by Crippen LogP contribution is 2.32. The summed E-state index contributed by atoms with van der Waals surface area (Å²) in [7, 11) is 0. The molecule has 132 valence electrons. The lowest BCUT2D eigenvalue weighted by molar-refractivity contribution is -0.0383. The van der Waals surface area contributed by atoms with Crippen LogP contribution >= 0.6 is 0 Å². The largest absolute Gasteiger partial charge is 0.393 e. The maximum atomic E-state index is 13.0. The highest BCUT2D eigenvalue weighted by molar-refractivity contribution is 5.94. The number of carbonyl (C=O) groups is 1. The second kappa shape index (κ2) is 6.93. The molecule has 7 nitrogen and oxygen atoms in total. The van der Waals surface area contributed by atoms with Crippen molar-refractivity contribution in [1.29, 1.82) is 0 Å². The highest BCUT2D eigenvalue weighted by Gasteiger charge is 2.39. The maximum absolute atomic E-state index is 13.0. The molecule has 1 aromatic carbocycles. The van der Waals surface area contributed by atoms with Crippen molar-refractivity contribution in [2.24, 2.45) is 5.92 Å². The van der Waals surface area contributed by atoms with Crippen LogP contribution in [0, 0.1) is 5.92 Å². The summed E-state index contributed by atoms with van der Waals surface area (Å²) in [5.41, 5.74) is 1.56. The number of hydrogen-bond acceptors (Lipinski definition) is 5. The zero-order valence-electron chi connectivity index (χ0n) is 14.0. The van der Waals surface area contributed by atoms with E-state index in [0.29, 0.717) is 25.3 Å². The number of aliphatic hydroxyl groups excluding tert-OH is 1. The van der Waals surface area contributed by atoms with E-state index in [4.69, 9.17) is 4.74 Å². The van der Waals surface area contributed by atoms with E-state index in [0.717, 1.165) is 24.9 Å². The minimum Gasteiger partial charge on any atom is -0.393 e. The molecule has 4 rings (SSSR count). The van der Waals surface area contributed by atoms with Crippen molar-refractivity contribution in [2.75, 3.05) is 19.8 Å². The van der Waals surface area contributed by atoms with Crippen LogP contribution in [0.15, 0.2) is 36.9 Å². The van der Waals surface area contributed by atoms with E-state index in [1.54, 1.807) is 17.2 Å². The summed E-state index contributed by atoms with van der Waals surface area (Å²) in [5, 5.41) is 17.8. The molecule has 0 spiro atoms. The van der Waals surface area contributed by atoms with Crippen LogP contribution in [-0.2, 0) is 4.74 Å². The Morgan fingerprint density at radius 1 is 1.16 bits per heavy atom. The molecule has 2 fully saturated rings. The van der Waals surface area contributed by atoms with Crippen LogP contribution in [0.4, 0.5) is 0 Å². The summed E-state index contributed by atoms with van der Waals surface area (Å²) in [6.45, 7) is 1.62. The van der Waals surface area contributed by atoms with Gasteiger partial charge in [-0.1, -0.05) is 6.42 Å². The summed E-state index contributed by atoms with van der Waals surface area (Å²) in [6.07, 6.45) is 5.69. The van der Waals surface area contributed by atoms with Crippen molar-refractivity contribution < 1.29 is 14.6 Å². The van der Waals surface area contributed by atoms with Gasteiger partial charge in [0.15, 0.2) is 0 Å². The summed E-state index contributed by atoms with van der Waals surface area (Å²) in [6, 6.07) is 7.38. The van der Waals surface area contributed by atoms with E-state index in [-0.39, 0.29) is 24.0 Å². The smallest absolute Gasteiger partial charge is 0.254 e. The van der Waals surface area contributed by atoms with Crippen LogP contribution in [0.2, 0.25) is 0 Å². The maximum Gasteiger partial charge on any atom is 0.254 e. The number of amides is 1. The molecule has 1 saturated carbocycles. The molecule has 1 N–H and O–H groups in total. The second-order valence-corrected chi connectivity index (χ2v) is 6.72. The van der Waals surface area contributed by atoms with E-state index in [2.05, 4.69) is 10.2 Å². The predicted molar refractivity (Wildman–Crippen MR) is 90.4 cm³/mol. The topological polar surface area (TPSA) is 80.5 Å². The SMILES string of the molecule is O=C(c1ccc(-n2cnnc2)cc1)N1CCOC[C@@H]1[C@@H]1CCC[C@H]1O. The van der Waals surface area contributed by atoms with Gasteiger partial charge in [-0.15, -0.1) is 10.2 Å². The number of benzene rings is 1. The van der Waals surface area contributed by atoms with Crippen LogP contribution in [0.25, 0.3) is 5.69 Å². The third kappa shape index (κ3) is 3.17. The normalized spacial score (nSPS) is 26.8. The van der Waals surface area contributed by atoms with Crippen molar-refractivity contribution in [3.63, 3.8) is 0 Å². The predicted octanol–water partition coefficient (Wildman–Crippen LogP) is 1.27. The molecule has 25 heavy (non-hydrogen) atoms. The van der Waals surface area contributed by atoms with Gasteiger partial charge in [0.25, 0.3) is 5.91 Å². The Balaban J connectivity index is 1.54. The highest BCUT2D eigenvalue weighted by atomic mass is 16.5. The van der Waals surface area contributed by atoms with Gasteiger partial charge in [-0.2, -0.15) is 0 Å². The van der Waals surface area contributed by atoms with E-state index < -0.39 is 0 Å². The molecular formula is C18H22N4O3. The standard InChI is InChI=1S/C18H22N4O3/c23-17-3-1-2-15(17)16-10-25-9-8-22(16)18(24)13-4-6-14(7-5-13)21-11-19-20-12-21/h4-7,11-12,15-17,23H,1-3,8-10H2/t15-,16+,17+/m0/s1. The summed E-state index contributed by atoms with van der Waals surface area (Å²) >= 11 is 0. The lowest BCUT2D eigenvalue weighted by Gasteiger charge is -2.40. The summed E-state index contributed by atoms with van der Waals surface area (Å²) < 4.78 is 7.40. The average molecular weight is 342 g/mol. The van der Waals surface area contributed by atoms with Gasteiger partial charge < -0.3 is 14.7 Å². The lowest BCUT2D eigenvalue weighted by atomic mass is 9.93. The van der Waals surface area contributed by atoms with Crippen LogP contribution in [-0.4, -0.2) is 62.6 Å². The Hall–Kier alpha value is -2.25. The monoisotopic (exact) mass is 342 g/mol.